The smallest absolute Gasteiger partial charge is 0.409 e. The lowest BCUT2D eigenvalue weighted by Gasteiger charge is -2.34. The number of carbonyl (C=O) groups is 1. The number of rotatable bonds is 5. The zero-order chi connectivity index (χ0) is 13.0. The number of amides is 1. The van der Waals surface area contributed by atoms with Gasteiger partial charge in [-0.15, -0.1) is 0 Å². The van der Waals surface area contributed by atoms with Crippen molar-refractivity contribution in [2.75, 3.05) is 20.2 Å². The fraction of sp³-hybridized carbons (Fsp3) is 0.929. The Bertz CT molecular complexity index is 271. The molecule has 1 amide bonds. The highest BCUT2D eigenvalue weighted by molar-refractivity contribution is 5.67. The van der Waals surface area contributed by atoms with Gasteiger partial charge in [-0.25, -0.2) is 4.79 Å². The molecule has 4 heteroatoms. The Morgan fingerprint density at radius 3 is 2.50 bits per heavy atom. The number of nitrogens with one attached hydrogen (secondary N) is 1. The summed E-state index contributed by atoms with van der Waals surface area (Å²) >= 11 is 0. The first kappa shape index (κ1) is 13.7. The van der Waals surface area contributed by atoms with Crippen LogP contribution in [0.4, 0.5) is 4.79 Å². The van der Waals surface area contributed by atoms with E-state index < -0.39 is 0 Å². The molecule has 0 aromatic rings. The summed E-state index contributed by atoms with van der Waals surface area (Å²) in [6.45, 7) is 3.92. The fourth-order valence-electron chi connectivity index (χ4n) is 2.93. The van der Waals surface area contributed by atoms with Crippen molar-refractivity contribution in [2.45, 2.75) is 57.5 Å². The number of hydrogen-bond acceptors (Lipinski definition) is 3. The maximum absolute atomic E-state index is 11.4. The molecule has 18 heavy (non-hydrogen) atoms. The molecule has 1 saturated carbocycles. The lowest BCUT2D eigenvalue weighted by atomic mass is 10.0. The molecule has 1 saturated heterocycles. The molecule has 1 aliphatic carbocycles. The third-order valence-corrected chi connectivity index (χ3v) is 4.17. The molecule has 0 aromatic carbocycles. The molecular weight excluding hydrogens is 228 g/mol. The van der Waals surface area contributed by atoms with Crippen molar-refractivity contribution in [2.24, 2.45) is 5.92 Å². The van der Waals surface area contributed by atoms with Gasteiger partial charge >= 0.3 is 6.09 Å². The lowest BCUT2D eigenvalue weighted by molar-refractivity contribution is 0.108. The molecule has 2 rings (SSSR count). The Balaban J connectivity index is 1.73. The number of methoxy groups -OCH3 is 1. The van der Waals surface area contributed by atoms with Crippen molar-refractivity contribution >= 4 is 6.09 Å². The van der Waals surface area contributed by atoms with Crippen LogP contribution in [0.15, 0.2) is 0 Å². The van der Waals surface area contributed by atoms with E-state index in [1.165, 1.54) is 32.8 Å². The van der Waals surface area contributed by atoms with Gasteiger partial charge in [0.15, 0.2) is 0 Å². The van der Waals surface area contributed by atoms with E-state index in [9.17, 15) is 4.79 Å². The highest BCUT2D eigenvalue weighted by Crippen LogP contribution is 2.35. The van der Waals surface area contributed by atoms with Crippen LogP contribution in [-0.4, -0.2) is 43.3 Å². The van der Waals surface area contributed by atoms with Gasteiger partial charge in [0.25, 0.3) is 0 Å². The predicted molar refractivity (Wildman–Crippen MR) is 71.6 cm³/mol. The summed E-state index contributed by atoms with van der Waals surface area (Å²) in [7, 11) is 1.46. The molecule has 104 valence electrons. The average molecular weight is 254 g/mol. The van der Waals surface area contributed by atoms with Gasteiger partial charge in [0, 0.05) is 25.2 Å². The molecule has 0 aromatic heterocycles. The van der Waals surface area contributed by atoms with Gasteiger partial charge in [-0.1, -0.05) is 13.3 Å². The standard InChI is InChI=1S/C14H26N2O2/c1-3-4-13(11-5-6-11)15-12-7-9-16(10-8-12)14(17)18-2/h11-13,15H,3-10H2,1-2H3. The first-order valence-corrected chi connectivity index (χ1v) is 7.33. The molecule has 1 atom stereocenters. The minimum Gasteiger partial charge on any atom is -0.453 e. The Hall–Kier alpha value is -0.770. The van der Waals surface area contributed by atoms with Crippen molar-refractivity contribution in [3.8, 4) is 0 Å². The number of ether oxygens (including phenoxy) is 1. The molecule has 1 heterocycles. The van der Waals surface area contributed by atoms with Gasteiger partial charge in [0.1, 0.15) is 0 Å². The number of hydrogen-bond donors (Lipinski definition) is 1. The van der Waals surface area contributed by atoms with Crippen LogP contribution in [-0.2, 0) is 4.74 Å². The largest absolute Gasteiger partial charge is 0.453 e. The summed E-state index contributed by atoms with van der Waals surface area (Å²) in [6, 6.07) is 1.30. The molecule has 0 radical (unpaired) electrons. The highest BCUT2D eigenvalue weighted by Gasteiger charge is 2.33. The zero-order valence-electron chi connectivity index (χ0n) is 11.7. The van der Waals surface area contributed by atoms with E-state index >= 15 is 0 Å². The van der Waals surface area contributed by atoms with Crippen molar-refractivity contribution in [3.63, 3.8) is 0 Å². The maximum Gasteiger partial charge on any atom is 0.409 e. The van der Waals surface area contributed by atoms with Gasteiger partial charge in [0.2, 0.25) is 0 Å². The summed E-state index contributed by atoms with van der Waals surface area (Å²) < 4.78 is 4.76. The third kappa shape index (κ3) is 3.61. The first-order chi connectivity index (χ1) is 8.74. The number of likely N-dealkylation sites (tertiary alicyclic amines) is 1. The monoisotopic (exact) mass is 254 g/mol. The third-order valence-electron chi connectivity index (χ3n) is 4.17. The predicted octanol–water partition coefficient (Wildman–Crippen LogP) is 2.39. The van der Waals surface area contributed by atoms with Crippen LogP contribution in [0, 0.1) is 5.92 Å². The molecule has 0 spiro atoms. The van der Waals surface area contributed by atoms with Gasteiger partial charge in [-0.2, -0.15) is 0 Å². The van der Waals surface area contributed by atoms with Gasteiger partial charge < -0.3 is 15.0 Å². The number of nitrogens with zero attached hydrogens (tertiary/aromatic N) is 1. The molecular formula is C14H26N2O2. The molecule has 1 N–H and O–H groups in total. The van der Waals surface area contributed by atoms with Crippen LogP contribution < -0.4 is 5.32 Å². The Morgan fingerprint density at radius 2 is 2.00 bits per heavy atom. The second kappa shape index (κ2) is 6.41. The van der Waals surface area contributed by atoms with E-state index in [4.69, 9.17) is 4.74 Å². The average Bonchev–Trinajstić information content (AvgIpc) is 3.22. The van der Waals surface area contributed by atoms with Crippen molar-refractivity contribution in [1.82, 2.24) is 10.2 Å². The van der Waals surface area contributed by atoms with Crippen molar-refractivity contribution in [1.29, 1.82) is 0 Å². The van der Waals surface area contributed by atoms with Gasteiger partial charge in [0.05, 0.1) is 7.11 Å². The van der Waals surface area contributed by atoms with E-state index in [2.05, 4.69) is 12.2 Å². The van der Waals surface area contributed by atoms with E-state index in [1.807, 2.05) is 4.90 Å². The maximum atomic E-state index is 11.4. The lowest BCUT2D eigenvalue weighted by Crippen LogP contribution is -2.48. The van der Waals surface area contributed by atoms with Gasteiger partial charge in [-0.3, -0.25) is 0 Å². The first-order valence-electron chi connectivity index (χ1n) is 7.33. The van der Waals surface area contributed by atoms with Gasteiger partial charge in [-0.05, 0) is 38.0 Å². The Labute approximate surface area is 110 Å². The minimum absolute atomic E-state index is 0.180. The van der Waals surface area contributed by atoms with Crippen LogP contribution in [0.5, 0.6) is 0 Å². The molecule has 1 unspecified atom stereocenters. The Morgan fingerprint density at radius 1 is 1.33 bits per heavy atom. The number of carbonyl (C=O) groups excluding carboxylic acids is 1. The molecule has 1 aliphatic heterocycles. The van der Waals surface area contributed by atoms with E-state index in [1.54, 1.807) is 0 Å². The second-order valence-corrected chi connectivity index (χ2v) is 5.63. The molecule has 2 aliphatic rings. The summed E-state index contributed by atoms with van der Waals surface area (Å²) in [5.74, 6) is 0.920. The summed E-state index contributed by atoms with van der Waals surface area (Å²) in [4.78, 5) is 13.2. The van der Waals surface area contributed by atoms with Crippen LogP contribution in [0.1, 0.15) is 45.4 Å². The van der Waals surface area contributed by atoms with E-state index in [0.717, 1.165) is 31.8 Å². The zero-order valence-corrected chi connectivity index (χ0v) is 11.7. The van der Waals surface area contributed by atoms with E-state index in [-0.39, 0.29) is 6.09 Å². The molecule has 0 bridgehead atoms. The topological polar surface area (TPSA) is 41.6 Å². The van der Waals surface area contributed by atoms with Crippen molar-refractivity contribution in [3.05, 3.63) is 0 Å². The molecule has 4 nitrogen and oxygen atoms in total. The summed E-state index contributed by atoms with van der Waals surface area (Å²) in [5.41, 5.74) is 0. The van der Waals surface area contributed by atoms with E-state index in [0.29, 0.717) is 12.1 Å². The SMILES string of the molecule is CCCC(NC1CCN(C(=O)OC)CC1)C1CC1. The summed E-state index contributed by atoms with van der Waals surface area (Å²) in [5, 5.41) is 3.82. The highest BCUT2D eigenvalue weighted by atomic mass is 16.5. The molecule has 2 fully saturated rings. The van der Waals surface area contributed by atoms with Crippen LogP contribution in [0.3, 0.4) is 0 Å². The number of piperidine rings is 1. The summed E-state index contributed by atoms with van der Waals surface area (Å²) in [6.07, 6.45) is 7.29. The Kier molecular flexibility index (Phi) is 4.87. The normalized spacial score (nSPS) is 22.9. The van der Waals surface area contributed by atoms with Crippen molar-refractivity contribution < 1.29 is 9.53 Å². The quantitative estimate of drug-likeness (QED) is 0.819. The van der Waals surface area contributed by atoms with Crippen LogP contribution >= 0.6 is 0 Å². The second-order valence-electron chi connectivity index (χ2n) is 5.63. The fourth-order valence-corrected chi connectivity index (χ4v) is 2.93. The van der Waals surface area contributed by atoms with Crippen LogP contribution in [0.2, 0.25) is 0 Å². The van der Waals surface area contributed by atoms with Crippen LogP contribution in [0.25, 0.3) is 0 Å². The minimum atomic E-state index is -0.180.